The van der Waals surface area contributed by atoms with Gasteiger partial charge in [-0.3, -0.25) is 4.79 Å². The molecule has 0 bridgehead atoms. The number of alkyl carbamates (subject to hydrolysis) is 1. The van der Waals surface area contributed by atoms with E-state index < -0.39 is 30.1 Å². The van der Waals surface area contributed by atoms with Crippen LogP contribution in [0.15, 0.2) is 103 Å². The number of amides is 2. The van der Waals surface area contributed by atoms with Crippen molar-refractivity contribution < 1.29 is 23.9 Å². The van der Waals surface area contributed by atoms with Crippen LogP contribution in [0.4, 0.5) is 4.79 Å². The van der Waals surface area contributed by atoms with Gasteiger partial charge in [0.2, 0.25) is 5.91 Å². The molecule has 2 N–H and O–H groups in total. The number of esters is 1. The molecule has 2 atom stereocenters. The second-order valence-electron chi connectivity index (χ2n) is 8.92. The van der Waals surface area contributed by atoms with Crippen molar-refractivity contribution in [2.24, 2.45) is 0 Å². The standard InChI is InChI=1S/C31H30N2O5/c1-37-30(35)28(20-24-16-17-25-14-8-9-15-26(25)18-24)32-29(34)27(19-22-10-4-2-5-11-22)33-31(36)38-21-23-12-6-3-7-13-23/h2-18,27-28H,19-21H2,1H3,(H,32,34)(H,33,36)/t27-,28+/m0/s1. The van der Waals surface area contributed by atoms with Gasteiger partial charge in [-0.25, -0.2) is 9.59 Å². The first-order valence-corrected chi connectivity index (χ1v) is 12.4. The molecule has 0 aliphatic heterocycles. The largest absolute Gasteiger partial charge is 0.467 e. The highest BCUT2D eigenvalue weighted by Crippen LogP contribution is 2.17. The van der Waals surface area contributed by atoms with Gasteiger partial charge in [0.25, 0.3) is 0 Å². The number of carbonyl (C=O) groups excluding carboxylic acids is 3. The molecule has 194 valence electrons. The third kappa shape index (κ3) is 7.43. The van der Waals surface area contributed by atoms with Crippen LogP contribution in [0.2, 0.25) is 0 Å². The Morgan fingerprint density at radius 2 is 1.26 bits per heavy atom. The maximum atomic E-state index is 13.4. The number of carbonyl (C=O) groups is 3. The van der Waals surface area contributed by atoms with Crippen LogP contribution in [0, 0.1) is 0 Å². The molecule has 0 spiro atoms. The van der Waals surface area contributed by atoms with Crippen LogP contribution in [0.3, 0.4) is 0 Å². The van der Waals surface area contributed by atoms with Gasteiger partial charge in [-0.15, -0.1) is 0 Å². The molecule has 4 aromatic carbocycles. The van der Waals surface area contributed by atoms with Gasteiger partial charge in [0, 0.05) is 12.8 Å². The van der Waals surface area contributed by atoms with Crippen LogP contribution in [0.25, 0.3) is 10.8 Å². The number of methoxy groups -OCH3 is 1. The molecule has 0 radical (unpaired) electrons. The molecule has 0 fully saturated rings. The van der Waals surface area contributed by atoms with Crippen molar-refractivity contribution in [3.63, 3.8) is 0 Å². The summed E-state index contributed by atoms with van der Waals surface area (Å²) in [5, 5.41) is 7.55. The molecule has 7 heteroatoms. The Hall–Kier alpha value is -4.65. The average Bonchev–Trinajstić information content (AvgIpc) is 2.96. The molecule has 0 aliphatic carbocycles. The van der Waals surface area contributed by atoms with Gasteiger partial charge in [0.05, 0.1) is 7.11 Å². The quantitative estimate of drug-likeness (QED) is 0.305. The van der Waals surface area contributed by atoms with Crippen LogP contribution in [-0.2, 0) is 38.5 Å². The van der Waals surface area contributed by atoms with E-state index in [0.717, 1.165) is 27.5 Å². The Morgan fingerprint density at radius 1 is 0.658 bits per heavy atom. The molecule has 4 rings (SSSR count). The molecule has 0 heterocycles. The molecular weight excluding hydrogens is 480 g/mol. The predicted octanol–water partition coefficient (Wildman–Crippen LogP) is 4.58. The van der Waals surface area contributed by atoms with E-state index in [1.54, 1.807) is 0 Å². The van der Waals surface area contributed by atoms with Gasteiger partial charge in [-0.1, -0.05) is 103 Å². The van der Waals surface area contributed by atoms with Crippen molar-refractivity contribution in [3.8, 4) is 0 Å². The van der Waals surface area contributed by atoms with E-state index in [0.29, 0.717) is 0 Å². The number of hydrogen-bond donors (Lipinski definition) is 2. The first kappa shape index (κ1) is 26.4. The van der Waals surface area contributed by atoms with Gasteiger partial charge in [0.15, 0.2) is 0 Å². The lowest BCUT2D eigenvalue weighted by molar-refractivity contribution is -0.145. The number of rotatable bonds is 10. The number of hydrogen-bond acceptors (Lipinski definition) is 5. The molecule has 0 unspecified atom stereocenters. The average molecular weight is 511 g/mol. The van der Waals surface area contributed by atoms with Crippen molar-refractivity contribution in [2.45, 2.75) is 31.5 Å². The van der Waals surface area contributed by atoms with Gasteiger partial charge in [-0.2, -0.15) is 0 Å². The fourth-order valence-electron chi connectivity index (χ4n) is 4.18. The molecule has 38 heavy (non-hydrogen) atoms. The zero-order valence-electron chi connectivity index (χ0n) is 21.1. The van der Waals surface area contributed by atoms with Gasteiger partial charge < -0.3 is 20.1 Å². The lowest BCUT2D eigenvalue weighted by atomic mass is 10.0. The first-order chi connectivity index (χ1) is 18.5. The van der Waals surface area contributed by atoms with Crippen molar-refractivity contribution in [2.75, 3.05) is 7.11 Å². The number of ether oxygens (including phenoxy) is 2. The van der Waals surface area contributed by atoms with E-state index in [1.807, 2.05) is 103 Å². The van der Waals surface area contributed by atoms with Gasteiger partial charge in [-0.05, 0) is 27.5 Å². The van der Waals surface area contributed by atoms with Gasteiger partial charge in [0.1, 0.15) is 18.7 Å². The Labute approximate surface area is 221 Å². The zero-order chi connectivity index (χ0) is 26.7. The Kier molecular flexibility index (Phi) is 9.07. The summed E-state index contributed by atoms with van der Waals surface area (Å²) in [5.74, 6) is -1.08. The lowest BCUT2D eigenvalue weighted by Crippen LogP contribution is -2.53. The van der Waals surface area contributed by atoms with E-state index in [9.17, 15) is 14.4 Å². The van der Waals surface area contributed by atoms with E-state index in [1.165, 1.54) is 7.11 Å². The summed E-state index contributed by atoms with van der Waals surface area (Å²) in [4.78, 5) is 38.6. The van der Waals surface area contributed by atoms with Crippen LogP contribution in [-0.4, -0.2) is 37.2 Å². The van der Waals surface area contributed by atoms with Crippen molar-refractivity contribution >= 4 is 28.7 Å². The second-order valence-corrected chi connectivity index (χ2v) is 8.92. The molecule has 4 aromatic rings. The van der Waals surface area contributed by atoms with E-state index in [4.69, 9.17) is 9.47 Å². The molecular formula is C31H30N2O5. The number of fused-ring (bicyclic) bond motifs is 1. The molecule has 0 saturated carbocycles. The van der Waals surface area contributed by atoms with Crippen LogP contribution < -0.4 is 10.6 Å². The van der Waals surface area contributed by atoms with Crippen LogP contribution in [0.1, 0.15) is 16.7 Å². The van der Waals surface area contributed by atoms with Crippen LogP contribution >= 0.6 is 0 Å². The number of benzene rings is 4. The number of nitrogens with one attached hydrogen (secondary N) is 2. The third-order valence-electron chi connectivity index (χ3n) is 6.16. The maximum absolute atomic E-state index is 13.4. The van der Waals surface area contributed by atoms with E-state index >= 15 is 0 Å². The monoisotopic (exact) mass is 510 g/mol. The summed E-state index contributed by atoms with van der Waals surface area (Å²) in [5.41, 5.74) is 2.54. The minimum Gasteiger partial charge on any atom is -0.467 e. The van der Waals surface area contributed by atoms with Gasteiger partial charge >= 0.3 is 12.1 Å². The highest BCUT2D eigenvalue weighted by molar-refractivity contribution is 5.90. The fraction of sp³-hybridized carbons (Fsp3) is 0.194. The van der Waals surface area contributed by atoms with Crippen molar-refractivity contribution in [1.29, 1.82) is 0 Å². The Bertz CT molecular complexity index is 1370. The summed E-state index contributed by atoms with van der Waals surface area (Å²) >= 11 is 0. The fourth-order valence-corrected chi connectivity index (χ4v) is 4.18. The topological polar surface area (TPSA) is 93.7 Å². The molecule has 0 aliphatic rings. The molecule has 7 nitrogen and oxygen atoms in total. The molecule has 0 aromatic heterocycles. The SMILES string of the molecule is COC(=O)[C@@H](Cc1ccc2ccccc2c1)NC(=O)[C@H](Cc1ccccc1)NC(=O)OCc1ccccc1. The Balaban J connectivity index is 1.48. The zero-order valence-corrected chi connectivity index (χ0v) is 21.1. The maximum Gasteiger partial charge on any atom is 0.408 e. The van der Waals surface area contributed by atoms with E-state index in [-0.39, 0.29) is 19.4 Å². The van der Waals surface area contributed by atoms with Crippen molar-refractivity contribution in [1.82, 2.24) is 10.6 Å². The third-order valence-corrected chi connectivity index (χ3v) is 6.16. The highest BCUT2D eigenvalue weighted by Gasteiger charge is 2.28. The summed E-state index contributed by atoms with van der Waals surface area (Å²) in [6.45, 7) is 0.0686. The summed E-state index contributed by atoms with van der Waals surface area (Å²) in [6.07, 6.45) is -0.273. The molecule has 0 saturated heterocycles. The van der Waals surface area contributed by atoms with Crippen molar-refractivity contribution in [3.05, 3.63) is 120 Å². The normalized spacial score (nSPS) is 12.2. The molecule has 2 amide bonds. The summed E-state index contributed by atoms with van der Waals surface area (Å²) in [7, 11) is 1.28. The highest BCUT2D eigenvalue weighted by atomic mass is 16.5. The van der Waals surface area contributed by atoms with E-state index in [2.05, 4.69) is 10.6 Å². The van der Waals surface area contributed by atoms with Crippen LogP contribution in [0.5, 0.6) is 0 Å². The first-order valence-electron chi connectivity index (χ1n) is 12.4. The smallest absolute Gasteiger partial charge is 0.408 e. The minimum absolute atomic E-state index is 0.0686. The predicted molar refractivity (Wildman–Crippen MR) is 145 cm³/mol. The summed E-state index contributed by atoms with van der Waals surface area (Å²) in [6, 6.07) is 30.5. The second kappa shape index (κ2) is 13.1. The lowest BCUT2D eigenvalue weighted by Gasteiger charge is -2.22. The Morgan fingerprint density at radius 3 is 1.95 bits per heavy atom. The summed E-state index contributed by atoms with van der Waals surface area (Å²) < 4.78 is 10.3. The minimum atomic E-state index is -0.968.